The second-order valence-electron chi connectivity index (χ2n) is 15.8. The highest BCUT2D eigenvalue weighted by molar-refractivity contribution is 6.47. The van der Waals surface area contributed by atoms with E-state index in [0.717, 1.165) is 25.0 Å². The van der Waals surface area contributed by atoms with E-state index >= 15 is 0 Å². The topological polar surface area (TPSA) is 162 Å². The van der Waals surface area contributed by atoms with Crippen molar-refractivity contribution >= 4 is 36.1 Å². The van der Waals surface area contributed by atoms with Crippen molar-refractivity contribution in [3.63, 3.8) is 0 Å². The molecule has 0 unspecified atom stereocenters. The predicted molar refractivity (Wildman–Crippen MR) is 194 cm³/mol. The van der Waals surface area contributed by atoms with Crippen LogP contribution in [0, 0.1) is 17.3 Å². The molecule has 1 saturated heterocycles. The quantitative estimate of drug-likeness (QED) is 0.140. The van der Waals surface area contributed by atoms with Crippen LogP contribution in [0.5, 0.6) is 0 Å². The van der Waals surface area contributed by atoms with Crippen molar-refractivity contribution in [2.45, 2.75) is 102 Å². The fourth-order valence-corrected chi connectivity index (χ4v) is 8.96. The van der Waals surface area contributed by atoms with Gasteiger partial charge in [0, 0.05) is 13.0 Å². The van der Waals surface area contributed by atoms with Gasteiger partial charge in [0.2, 0.25) is 5.91 Å². The van der Waals surface area contributed by atoms with Gasteiger partial charge in [0.25, 0.3) is 5.56 Å². The molecule has 7 atom stereocenters. The van der Waals surface area contributed by atoms with Crippen LogP contribution in [0.2, 0.25) is 0 Å². The molecule has 2 aliphatic heterocycles. The molecule has 3 aromatic rings. The first kappa shape index (κ1) is 36.8. The maximum atomic E-state index is 14.3. The van der Waals surface area contributed by atoms with Gasteiger partial charge in [-0.05, 0) is 80.2 Å². The third-order valence-corrected chi connectivity index (χ3v) is 12.1. The van der Waals surface area contributed by atoms with Gasteiger partial charge in [0.15, 0.2) is 0 Å². The van der Waals surface area contributed by atoms with Crippen molar-refractivity contribution in [3.05, 3.63) is 82.0 Å². The first-order valence-corrected chi connectivity index (χ1v) is 18.0. The number of halogens is 3. The number of urea groups is 1. The van der Waals surface area contributed by atoms with Crippen LogP contribution in [0.3, 0.4) is 0 Å². The van der Waals surface area contributed by atoms with Crippen LogP contribution < -0.4 is 32.6 Å². The summed E-state index contributed by atoms with van der Waals surface area (Å²) in [5, 5.41) is 11.6. The summed E-state index contributed by atoms with van der Waals surface area (Å²) in [6.45, 7) is 10.1. The summed E-state index contributed by atoms with van der Waals surface area (Å²) in [5.41, 5.74) is 3.93. The second-order valence-corrected chi connectivity index (χ2v) is 15.8. The van der Waals surface area contributed by atoms with Crippen molar-refractivity contribution in [1.82, 2.24) is 20.2 Å². The molecule has 3 heterocycles. The number of para-hydroxylation sites is 2. The molecule has 3 amide bonds. The first-order chi connectivity index (χ1) is 24.9. The normalized spacial score (nSPS) is 28.6. The molecule has 2 aromatic carbocycles. The highest BCUT2D eigenvalue weighted by Gasteiger charge is 2.68. The number of nitrogens with two attached hydrogens (primary N) is 1. The number of aromatic nitrogens is 2. The summed E-state index contributed by atoms with van der Waals surface area (Å²) in [6.07, 6.45) is -0.944. The maximum Gasteiger partial charge on any atom is 0.481 e. The van der Waals surface area contributed by atoms with E-state index in [0.29, 0.717) is 35.2 Å². The molecule has 6 N–H and O–H groups in total. The van der Waals surface area contributed by atoms with Crippen molar-refractivity contribution in [3.8, 4) is 0 Å². The molecule has 0 radical (unpaired) electrons. The molecule has 282 valence electrons. The van der Waals surface area contributed by atoms with Crippen molar-refractivity contribution in [2.24, 2.45) is 17.3 Å². The number of hydrogen-bond acceptors (Lipinski definition) is 8. The van der Waals surface area contributed by atoms with Crippen molar-refractivity contribution in [1.29, 1.82) is 0 Å². The van der Waals surface area contributed by atoms with E-state index in [2.05, 4.69) is 47.0 Å². The van der Waals surface area contributed by atoms with Gasteiger partial charge in [-0.15, -0.1) is 0 Å². The number of carbonyl (C=O) groups excluding carboxylic acids is 2. The molecular formula is C37H45BF3N7O5. The molecule has 0 spiro atoms. The van der Waals surface area contributed by atoms with Crippen molar-refractivity contribution in [2.75, 3.05) is 16.4 Å². The van der Waals surface area contributed by atoms with E-state index in [-0.39, 0.29) is 36.0 Å². The van der Waals surface area contributed by atoms with Crippen LogP contribution in [0.1, 0.15) is 83.3 Å². The SMILES string of the molecule is CC[C@H](NC(=O)[C@@H]1C[C@@](C)(NC(=O)Nc2ccccc2N)c2ncc(NCc3cccc(C(F)(F)F)c3)c(=O)n21)B1O[C@@H]2C[C@@H]3C[C@@H](C3(C)C)[C@]2(C)O1. The Bertz CT molecular complexity index is 1990. The lowest BCUT2D eigenvalue weighted by molar-refractivity contribution is -0.199. The van der Waals surface area contributed by atoms with E-state index in [9.17, 15) is 27.6 Å². The first-order valence-electron chi connectivity index (χ1n) is 18.0. The monoisotopic (exact) mass is 735 g/mol. The highest BCUT2D eigenvalue weighted by Crippen LogP contribution is 2.65. The van der Waals surface area contributed by atoms with Crippen LogP contribution >= 0.6 is 0 Å². The number of nitrogen functional groups attached to an aromatic ring is 1. The Balaban J connectivity index is 1.15. The number of nitrogens with one attached hydrogen (secondary N) is 4. The van der Waals surface area contributed by atoms with Gasteiger partial charge in [-0.25, -0.2) is 9.78 Å². The third-order valence-electron chi connectivity index (χ3n) is 12.1. The Morgan fingerprint density at radius 3 is 2.55 bits per heavy atom. The molecule has 16 heteroatoms. The number of amides is 3. The van der Waals surface area contributed by atoms with Crippen LogP contribution in [0.15, 0.2) is 59.5 Å². The predicted octanol–water partition coefficient (Wildman–Crippen LogP) is 5.60. The highest BCUT2D eigenvalue weighted by atomic mass is 19.4. The number of carbonyl (C=O) groups is 2. The Morgan fingerprint density at radius 1 is 1.09 bits per heavy atom. The Labute approximate surface area is 305 Å². The Morgan fingerprint density at radius 2 is 1.85 bits per heavy atom. The van der Waals surface area contributed by atoms with Gasteiger partial charge in [-0.1, -0.05) is 45.0 Å². The van der Waals surface area contributed by atoms with Gasteiger partial charge in [-0.2, -0.15) is 13.2 Å². The van der Waals surface area contributed by atoms with E-state index in [1.165, 1.54) is 22.9 Å². The number of anilines is 3. The Hall–Kier alpha value is -4.57. The lowest BCUT2D eigenvalue weighted by Gasteiger charge is -2.64. The molecule has 53 heavy (non-hydrogen) atoms. The van der Waals surface area contributed by atoms with E-state index in [4.69, 9.17) is 15.0 Å². The molecule has 1 aromatic heterocycles. The average Bonchev–Trinajstić information content (AvgIpc) is 3.61. The minimum atomic E-state index is -4.53. The summed E-state index contributed by atoms with van der Waals surface area (Å²) in [4.78, 5) is 46.3. The molecule has 5 aliphatic rings. The fourth-order valence-electron chi connectivity index (χ4n) is 8.96. The summed E-state index contributed by atoms with van der Waals surface area (Å²) < 4.78 is 54.4. The maximum absolute atomic E-state index is 14.3. The average molecular weight is 736 g/mol. The molecule has 12 nitrogen and oxygen atoms in total. The number of benzene rings is 2. The van der Waals surface area contributed by atoms with Crippen molar-refractivity contribution < 1.29 is 32.1 Å². The summed E-state index contributed by atoms with van der Waals surface area (Å²) in [5.74, 6) is -0.0235. The minimum Gasteiger partial charge on any atom is -0.404 e. The van der Waals surface area contributed by atoms with Crippen LogP contribution in [0.25, 0.3) is 0 Å². The standard InChI is InChI=1S/C37H45BF3N7O5/c1-6-29(38-52-28-16-22-15-27(34(22,2)3)36(28,5)53-38)46-30(49)26-17-35(4,47-33(51)45-24-13-8-7-12-23(24)42)32-44-19-25(31(50)48(26)32)43-18-20-10-9-11-21(14-20)37(39,40)41/h7-14,19,22,26-29,43H,6,15-18,42H2,1-5H3,(H,46,49)(H2,45,47,51)/t22-,26-,27-,28+,29-,35+,36-/m0/s1. The summed E-state index contributed by atoms with van der Waals surface area (Å²) in [7, 11) is -0.697. The largest absolute Gasteiger partial charge is 0.481 e. The van der Waals surface area contributed by atoms with Gasteiger partial charge in [0.05, 0.1) is 46.3 Å². The summed E-state index contributed by atoms with van der Waals surface area (Å²) in [6, 6.07) is 9.75. The van der Waals surface area contributed by atoms with Crippen LogP contribution in [-0.4, -0.2) is 46.3 Å². The lowest BCUT2D eigenvalue weighted by Crippen LogP contribution is -2.65. The van der Waals surface area contributed by atoms with Gasteiger partial charge < -0.3 is 36.3 Å². The smallest absolute Gasteiger partial charge is 0.404 e. The van der Waals surface area contributed by atoms with E-state index in [1.54, 1.807) is 31.2 Å². The van der Waals surface area contributed by atoms with Gasteiger partial charge >= 0.3 is 19.3 Å². The number of fused-ring (bicyclic) bond motifs is 1. The molecule has 3 saturated carbocycles. The zero-order valence-corrected chi connectivity index (χ0v) is 30.3. The van der Waals surface area contributed by atoms with Crippen LogP contribution in [0.4, 0.5) is 35.0 Å². The summed E-state index contributed by atoms with van der Waals surface area (Å²) >= 11 is 0. The molecular weight excluding hydrogens is 690 g/mol. The number of alkyl halides is 3. The van der Waals surface area contributed by atoms with Gasteiger partial charge in [-0.3, -0.25) is 14.2 Å². The van der Waals surface area contributed by atoms with E-state index in [1.807, 2.05) is 6.92 Å². The molecule has 3 aliphatic carbocycles. The van der Waals surface area contributed by atoms with Gasteiger partial charge in [0.1, 0.15) is 17.6 Å². The fraction of sp³-hybridized carbons (Fsp3) is 0.514. The number of rotatable bonds is 9. The second kappa shape index (κ2) is 13.1. The number of hydrogen-bond donors (Lipinski definition) is 5. The van der Waals surface area contributed by atoms with Crippen LogP contribution in [-0.2, 0) is 32.4 Å². The zero-order valence-electron chi connectivity index (χ0n) is 30.3. The minimum absolute atomic E-state index is 0.0252. The molecule has 8 rings (SSSR count). The van der Waals surface area contributed by atoms with E-state index < -0.39 is 59.5 Å². The molecule has 4 fully saturated rings. The third kappa shape index (κ3) is 6.43. The lowest BCUT2D eigenvalue weighted by atomic mass is 9.43. The zero-order chi connectivity index (χ0) is 38.1. The Kier molecular flexibility index (Phi) is 9.08. The molecule has 2 bridgehead atoms. The number of nitrogens with zero attached hydrogens (tertiary/aromatic N) is 2.